The van der Waals surface area contributed by atoms with Crippen LogP contribution in [0.2, 0.25) is 0 Å². The van der Waals surface area contributed by atoms with E-state index in [9.17, 15) is 9.59 Å². The van der Waals surface area contributed by atoms with Crippen LogP contribution in [0.3, 0.4) is 0 Å². The Labute approximate surface area is 74.4 Å². The first-order chi connectivity index (χ1) is 4.63. The maximum Gasteiger partial charge on any atom is 0.307 e. The minimum Gasteiger partial charge on any atom is -0.481 e. The van der Waals surface area contributed by atoms with Gasteiger partial charge in [0.2, 0.25) is 0 Å². The maximum atomic E-state index is 9.85. The predicted octanol–water partition coefficient (Wildman–Crippen LogP) is 0.489. The molecule has 2 N–H and O–H groups in total. The Kier molecular flexibility index (Phi) is 8.53. The van der Waals surface area contributed by atoms with Crippen molar-refractivity contribution in [2.45, 2.75) is 12.8 Å². The first-order valence-corrected chi connectivity index (χ1v) is 2.71. The van der Waals surface area contributed by atoms with Crippen LogP contribution >= 0.6 is 0 Å². The van der Waals surface area contributed by atoms with Gasteiger partial charge in [-0.15, -0.1) is 0 Å². The molecule has 4 nitrogen and oxygen atoms in total. The van der Waals surface area contributed by atoms with Crippen LogP contribution in [-0.4, -0.2) is 22.2 Å². The SMILES string of the molecule is O=C(O)CC=CCC(=O)O.[Fe]. The third-order valence-corrected chi connectivity index (χ3v) is 0.752. The quantitative estimate of drug-likeness (QED) is 0.511. The molecule has 0 aromatic heterocycles. The van der Waals surface area contributed by atoms with E-state index in [1.54, 1.807) is 0 Å². The fourth-order valence-electron chi connectivity index (χ4n) is 0.368. The van der Waals surface area contributed by atoms with Crippen molar-refractivity contribution < 1.29 is 36.9 Å². The number of hydrogen-bond donors (Lipinski definition) is 2. The second-order valence-corrected chi connectivity index (χ2v) is 1.67. The van der Waals surface area contributed by atoms with Crippen LogP contribution in [0, 0.1) is 0 Å². The Morgan fingerprint density at radius 2 is 1.27 bits per heavy atom. The molecule has 0 aliphatic heterocycles. The average Bonchev–Trinajstić information content (AvgIpc) is 1.79. The topological polar surface area (TPSA) is 74.6 Å². The van der Waals surface area contributed by atoms with E-state index < -0.39 is 11.9 Å². The van der Waals surface area contributed by atoms with Gasteiger partial charge in [-0.3, -0.25) is 9.59 Å². The van der Waals surface area contributed by atoms with Crippen LogP contribution in [0.4, 0.5) is 0 Å². The Morgan fingerprint density at radius 3 is 1.45 bits per heavy atom. The molecule has 0 fully saturated rings. The first kappa shape index (κ1) is 12.8. The van der Waals surface area contributed by atoms with Crippen LogP contribution in [0.1, 0.15) is 12.8 Å². The van der Waals surface area contributed by atoms with Gasteiger partial charge in [0.15, 0.2) is 0 Å². The van der Waals surface area contributed by atoms with Gasteiger partial charge < -0.3 is 10.2 Å². The molecule has 0 rings (SSSR count). The van der Waals surface area contributed by atoms with E-state index >= 15 is 0 Å². The van der Waals surface area contributed by atoms with Crippen LogP contribution < -0.4 is 0 Å². The number of hydrogen-bond acceptors (Lipinski definition) is 2. The molecule has 0 bridgehead atoms. The molecule has 0 unspecified atom stereocenters. The molecule has 0 amide bonds. The Morgan fingerprint density at radius 1 is 1.00 bits per heavy atom. The molecule has 0 spiro atoms. The summed E-state index contributed by atoms with van der Waals surface area (Å²) in [5.41, 5.74) is 0. The molecule has 0 heterocycles. The van der Waals surface area contributed by atoms with Crippen molar-refractivity contribution in [3.63, 3.8) is 0 Å². The van der Waals surface area contributed by atoms with Gasteiger partial charge in [0, 0.05) is 17.1 Å². The summed E-state index contributed by atoms with van der Waals surface area (Å²) in [5, 5.41) is 16.2. The monoisotopic (exact) mass is 200 g/mol. The van der Waals surface area contributed by atoms with Gasteiger partial charge in [0.1, 0.15) is 0 Å². The summed E-state index contributed by atoms with van der Waals surface area (Å²) in [6.07, 6.45) is 2.40. The van der Waals surface area contributed by atoms with Gasteiger partial charge in [0.05, 0.1) is 12.8 Å². The molecule has 0 aliphatic carbocycles. The van der Waals surface area contributed by atoms with E-state index in [-0.39, 0.29) is 29.9 Å². The molecular formula is C6H8FeO4. The largest absolute Gasteiger partial charge is 0.481 e. The molecule has 5 heteroatoms. The molecule has 0 saturated carbocycles. The van der Waals surface area contributed by atoms with E-state index in [2.05, 4.69) is 0 Å². The fraction of sp³-hybridized carbons (Fsp3) is 0.333. The molecular weight excluding hydrogens is 192 g/mol. The van der Waals surface area contributed by atoms with Gasteiger partial charge in [-0.2, -0.15) is 0 Å². The minimum absolute atomic E-state index is 0. The summed E-state index contributed by atoms with van der Waals surface area (Å²) in [6, 6.07) is 0. The third kappa shape index (κ3) is 12.4. The van der Waals surface area contributed by atoms with Crippen molar-refractivity contribution in [3.05, 3.63) is 12.2 Å². The van der Waals surface area contributed by atoms with Crippen molar-refractivity contribution in [1.82, 2.24) is 0 Å². The summed E-state index contributed by atoms with van der Waals surface area (Å²) < 4.78 is 0. The number of carboxylic acid groups (broad SMARTS) is 2. The number of carbonyl (C=O) groups is 2. The Bertz CT molecular complexity index is 146. The predicted molar refractivity (Wildman–Crippen MR) is 33.6 cm³/mol. The van der Waals surface area contributed by atoms with E-state index in [4.69, 9.17) is 10.2 Å². The molecule has 0 atom stereocenters. The smallest absolute Gasteiger partial charge is 0.307 e. The Balaban J connectivity index is 0. The summed E-state index contributed by atoms with van der Waals surface area (Å²) in [6.45, 7) is 0. The van der Waals surface area contributed by atoms with Crippen molar-refractivity contribution in [1.29, 1.82) is 0 Å². The normalized spacial score (nSPS) is 9.09. The van der Waals surface area contributed by atoms with E-state index in [1.807, 2.05) is 0 Å². The standard InChI is InChI=1S/C6H8O4.Fe/c7-5(8)3-1-2-4-6(9)10;/h1-2H,3-4H2,(H,7,8)(H,9,10);. The number of carboxylic acids is 2. The first-order valence-electron chi connectivity index (χ1n) is 2.71. The summed E-state index contributed by atoms with van der Waals surface area (Å²) in [4.78, 5) is 19.7. The van der Waals surface area contributed by atoms with Crippen molar-refractivity contribution in [3.8, 4) is 0 Å². The fourth-order valence-corrected chi connectivity index (χ4v) is 0.368. The van der Waals surface area contributed by atoms with Crippen LogP contribution in [0.25, 0.3) is 0 Å². The zero-order valence-corrected chi connectivity index (χ0v) is 6.74. The summed E-state index contributed by atoms with van der Waals surface area (Å²) in [7, 11) is 0. The molecule has 11 heavy (non-hydrogen) atoms. The Hall–Kier alpha value is -0.801. The molecule has 0 radical (unpaired) electrons. The zero-order valence-electron chi connectivity index (χ0n) is 5.63. The summed E-state index contributed by atoms with van der Waals surface area (Å²) in [5.74, 6) is -1.91. The maximum absolute atomic E-state index is 9.85. The van der Waals surface area contributed by atoms with Gasteiger partial charge in [-0.05, 0) is 0 Å². The van der Waals surface area contributed by atoms with Crippen molar-refractivity contribution in [2.24, 2.45) is 0 Å². The minimum atomic E-state index is -0.957. The second kappa shape index (κ2) is 7.31. The van der Waals surface area contributed by atoms with Crippen LogP contribution in [-0.2, 0) is 26.7 Å². The van der Waals surface area contributed by atoms with Crippen LogP contribution in [0.15, 0.2) is 12.2 Å². The molecule has 64 valence electrons. The van der Waals surface area contributed by atoms with Crippen molar-refractivity contribution in [2.75, 3.05) is 0 Å². The van der Waals surface area contributed by atoms with Gasteiger partial charge >= 0.3 is 11.9 Å². The number of aliphatic carboxylic acids is 2. The zero-order chi connectivity index (χ0) is 7.98. The van der Waals surface area contributed by atoms with E-state index in [0.717, 1.165) is 0 Å². The number of rotatable bonds is 4. The van der Waals surface area contributed by atoms with Gasteiger partial charge in [0.25, 0.3) is 0 Å². The summed E-state index contributed by atoms with van der Waals surface area (Å²) >= 11 is 0. The molecule has 0 saturated heterocycles. The van der Waals surface area contributed by atoms with Gasteiger partial charge in [-0.1, -0.05) is 12.2 Å². The molecule has 0 aliphatic rings. The average molecular weight is 200 g/mol. The van der Waals surface area contributed by atoms with E-state index in [1.165, 1.54) is 12.2 Å². The third-order valence-electron chi connectivity index (χ3n) is 0.752. The van der Waals surface area contributed by atoms with Crippen molar-refractivity contribution >= 4 is 11.9 Å². The van der Waals surface area contributed by atoms with E-state index in [0.29, 0.717) is 0 Å². The second-order valence-electron chi connectivity index (χ2n) is 1.67. The molecule has 0 aromatic rings. The van der Waals surface area contributed by atoms with Crippen LogP contribution in [0.5, 0.6) is 0 Å². The van der Waals surface area contributed by atoms with Gasteiger partial charge in [-0.25, -0.2) is 0 Å². The molecule has 0 aromatic carbocycles.